The number of rotatable bonds is 0. The Labute approximate surface area is 202 Å². The zero-order chi connectivity index (χ0) is 23.3. The molecule has 0 aromatic heterocycles. The monoisotopic (exact) mass is 420 g/mol. The molecule has 0 heteroatoms. The summed E-state index contributed by atoms with van der Waals surface area (Å²) < 4.78 is 0. The van der Waals surface area contributed by atoms with Crippen molar-refractivity contribution in [1.82, 2.24) is 0 Å². The van der Waals surface area contributed by atoms with Crippen LogP contribution in [0.5, 0.6) is 0 Å². The summed E-state index contributed by atoms with van der Waals surface area (Å²) in [7, 11) is 0. The molecule has 0 fully saturated rings. The van der Waals surface area contributed by atoms with E-state index < -0.39 is 0 Å². The largest absolute Gasteiger partial charge is 0.0609 e. The van der Waals surface area contributed by atoms with E-state index in [1.54, 1.807) is 0 Å². The van der Waals surface area contributed by atoms with Crippen LogP contribution in [0, 0.1) is 97.1 Å². The fourth-order valence-corrected chi connectivity index (χ4v) is 2.82. The Morgan fingerprint density at radius 1 is 0.235 bits per heavy atom. The number of hydrogen-bond donors (Lipinski definition) is 0. The first-order valence-electron chi connectivity index (χ1n) is 10.2. The van der Waals surface area contributed by atoms with Crippen molar-refractivity contribution in [3.63, 3.8) is 0 Å². The van der Waals surface area contributed by atoms with Crippen LogP contribution in [0.3, 0.4) is 0 Å². The quantitative estimate of drug-likeness (QED) is 0.307. The van der Waals surface area contributed by atoms with E-state index in [1.165, 1.54) is 0 Å². The van der Waals surface area contributed by atoms with Gasteiger partial charge in [0.2, 0.25) is 0 Å². The highest BCUT2D eigenvalue weighted by atomic mass is 13.9. The fraction of sp³-hybridized carbons (Fsp3) is 0. The molecule has 0 bridgehead atoms. The van der Waals surface area contributed by atoms with Crippen molar-refractivity contribution >= 4 is 32.3 Å². The summed E-state index contributed by atoms with van der Waals surface area (Å²) >= 11 is 0. The first-order chi connectivity index (χ1) is 16.9. The fourth-order valence-electron chi connectivity index (χ4n) is 2.82. The summed E-state index contributed by atoms with van der Waals surface area (Å²) in [5.41, 5.74) is 0. The van der Waals surface area contributed by atoms with E-state index in [4.69, 9.17) is 0 Å². The lowest BCUT2D eigenvalue weighted by molar-refractivity contribution is 1.80. The van der Waals surface area contributed by atoms with Crippen molar-refractivity contribution in [2.24, 2.45) is 0 Å². The lowest BCUT2D eigenvalue weighted by Crippen LogP contribution is -1.62. The molecule has 0 saturated carbocycles. The first kappa shape index (κ1) is 21.4. The second kappa shape index (κ2) is 11.5. The summed E-state index contributed by atoms with van der Waals surface area (Å²) in [6.07, 6.45) is 0. The van der Waals surface area contributed by atoms with E-state index in [1.807, 2.05) is 72.8 Å². The molecule has 0 saturated heterocycles. The molecule has 0 aliphatic carbocycles. The second-order valence-corrected chi connectivity index (χ2v) is 6.64. The Hall–Kier alpha value is -5.86. The Morgan fingerprint density at radius 2 is 0.412 bits per heavy atom. The molecule has 0 aliphatic heterocycles. The molecule has 0 spiro atoms. The zero-order valence-corrected chi connectivity index (χ0v) is 17.9. The first-order valence-corrected chi connectivity index (χ1v) is 10.2. The van der Waals surface area contributed by atoms with Gasteiger partial charge in [-0.3, -0.25) is 0 Å². The highest BCUT2D eigenvalue weighted by Crippen LogP contribution is 2.06. The van der Waals surface area contributed by atoms with E-state index in [2.05, 4.69) is 97.1 Å². The predicted octanol–water partition coefficient (Wildman–Crippen LogP) is 6.45. The summed E-state index contributed by atoms with van der Waals surface area (Å²) in [5.74, 6) is 0. The summed E-state index contributed by atoms with van der Waals surface area (Å²) in [6, 6.07) is 69.3. The maximum Gasteiger partial charge on any atom is 0.0412 e. The molecule has 0 nitrogen and oxygen atoms in total. The Kier molecular flexibility index (Phi) is 7.24. The Bertz CT molecular complexity index is 1400. The van der Waals surface area contributed by atoms with Crippen LogP contribution in [0.4, 0.5) is 0 Å². The van der Waals surface area contributed by atoms with Crippen LogP contribution >= 0.6 is 0 Å². The van der Waals surface area contributed by atoms with E-state index in [0.717, 1.165) is 32.3 Å². The van der Waals surface area contributed by atoms with Crippen LogP contribution in [0.25, 0.3) is 32.3 Å². The van der Waals surface area contributed by atoms with Crippen molar-refractivity contribution in [3.05, 3.63) is 170 Å². The van der Waals surface area contributed by atoms with E-state index >= 15 is 0 Å². The van der Waals surface area contributed by atoms with Gasteiger partial charge in [-0.25, -0.2) is 0 Å². The van der Waals surface area contributed by atoms with Gasteiger partial charge in [0.25, 0.3) is 0 Å². The molecule has 0 amide bonds. The normalized spacial score (nSPS) is 7.88. The minimum atomic E-state index is 0.778. The molecule has 0 heterocycles. The predicted molar refractivity (Wildman–Crippen MR) is 131 cm³/mol. The minimum absolute atomic E-state index is 0.778. The van der Waals surface area contributed by atoms with E-state index in [9.17, 15) is 0 Å². The summed E-state index contributed by atoms with van der Waals surface area (Å²) in [4.78, 5) is 0. The molecular formula is C34H12. The second-order valence-electron chi connectivity index (χ2n) is 6.64. The molecule has 4 rings (SSSR count). The van der Waals surface area contributed by atoms with Gasteiger partial charge in [-0.2, -0.15) is 0 Å². The third-order valence-electron chi connectivity index (χ3n) is 4.40. The number of benzene rings is 3. The molecule has 0 N–H and O–H groups in total. The van der Waals surface area contributed by atoms with Gasteiger partial charge in [-0.05, 0) is 97.1 Å². The zero-order valence-electron chi connectivity index (χ0n) is 17.9. The third-order valence-corrected chi connectivity index (χ3v) is 4.40. The van der Waals surface area contributed by atoms with Gasteiger partial charge < -0.3 is 0 Å². The van der Waals surface area contributed by atoms with Crippen LogP contribution in [0.2, 0.25) is 0 Å². The third kappa shape index (κ3) is 6.08. The van der Waals surface area contributed by atoms with Gasteiger partial charge in [-0.15, -0.1) is 0 Å². The van der Waals surface area contributed by atoms with Crippen LogP contribution in [-0.4, -0.2) is 0 Å². The molecular weight excluding hydrogens is 408 g/mol. The van der Waals surface area contributed by atoms with E-state index in [0.29, 0.717) is 0 Å². The smallest absolute Gasteiger partial charge is 0.0412 e. The Balaban J connectivity index is 1.91. The van der Waals surface area contributed by atoms with Gasteiger partial charge in [-0.1, -0.05) is 72.8 Å². The van der Waals surface area contributed by atoms with Crippen molar-refractivity contribution in [2.75, 3.05) is 0 Å². The van der Waals surface area contributed by atoms with Crippen LogP contribution in [0.15, 0.2) is 72.8 Å². The van der Waals surface area contributed by atoms with Crippen molar-refractivity contribution < 1.29 is 0 Å². The van der Waals surface area contributed by atoms with Gasteiger partial charge in [0.1, 0.15) is 0 Å². The van der Waals surface area contributed by atoms with Gasteiger partial charge in [0.15, 0.2) is 0 Å². The van der Waals surface area contributed by atoms with Crippen LogP contribution in [0.1, 0.15) is 0 Å². The van der Waals surface area contributed by atoms with Gasteiger partial charge >= 0.3 is 0 Å². The van der Waals surface area contributed by atoms with Crippen LogP contribution in [-0.2, 0) is 0 Å². The standard InChI is InChI=1S/C34H12/c1-3-7-19-31-23-11-13-25-33(31)27-15-16-28-34-26-14-12-24-32(34)20-8-4-2-6-18-30-22-10-9-21-29(30)17-5-1/h9-14,21-26H. The maximum atomic E-state index is 3.07. The summed E-state index contributed by atoms with van der Waals surface area (Å²) in [5, 5.41) is 4.70. The molecule has 0 atom stereocenters. The number of hydrogen-bond acceptors (Lipinski definition) is 0. The summed E-state index contributed by atoms with van der Waals surface area (Å²) in [6.45, 7) is 0. The average molecular weight is 420 g/mol. The van der Waals surface area contributed by atoms with Crippen molar-refractivity contribution in [3.8, 4) is 0 Å². The van der Waals surface area contributed by atoms with Gasteiger partial charge in [0, 0.05) is 32.3 Å². The molecule has 0 aliphatic rings. The number of fused-ring (bicyclic) bond motifs is 3. The maximum absolute atomic E-state index is 3.07. The SMILES string of the molecule is c1c#cc2ccccc2c#cc#cc#cc2ccccc2c#cc#cc2ccccc2c#cc#1. The van der Waals surface area contributed by atoms with Gasteiger partial charge in [0.05, 0.1) is 0 Å². The van der Waals surface area contributed by atoms with Crippen molar-refractivity contribution in [1.29, 1.82) is 0 Å². The topological polar surface area (TPSA) is 0 Å². The lowest BCUT2D eigenvalue weighted by atomic mass is 10.2. The van der Waals surface area contributed by atoms with E-state index in [-0.39, 0.29) is 0 Å². The molecule has 0 radical (unpaired) electrons. The molecule has 34 heavy (non-hydrogen) atoms. The lowest BCUT2D eigenvalue weighted by Gasteiger charge is -1.83. The Morgan fingerprint density at radius 3 is 0.618 bits per heavy atom. The molecule has 4 aromatic rings. The average Bonchev–Trinajstić information content (AvgIpc) is 2.87. The van der Waals surface area contributed by atoms with Crippen molar-refractivity contribution in [2.45, 2.75) is 0 Å². The molecule has 0 unspecified atom stereocenters. The molecule has 148 valence electrons. The highest BCUT2D eigenvalue weighted by molar-refractivity contribution is 5.79. The molecule has 4 aromatic carbocycles. The van der Waals surface area contributed by atoms with Crippen LogP contribution < -0.4 is 0 Å². The minimum Gasteiger partial charge on any atom is -0.0609 e. The highest BCUT2D eigenvalue weighted by Gasteiger charge is 1.84.